The van der Waals surface area contributed by atoms with Gasteiger partial charge in [0.05, 0.1) is 22.4 Å². The average Bonchev–Trinajstić information content (AvgIpc) is 2.81. The van der Waals surface area contributed by atoms with Gasteiger partial charge < -0.3 is 15.1 Å². The number of nitrogens with one attached hydrogen (secondary N) is 1. The molecule has 1 fully saturated rings. The lowest BCUT2D eigenvalue weighted by Crippen LogP contribution is -2.45. The summed E-state index contributed by atoms with van der Waals surface area (Å²) in [5.74, 6) is 0. The van der Waals surface area contributed by atoms with Gasteiger partial charge in [-0.15, -0.1) is 0 Å². The first kappa shape index (κ1) is 23.9. The number of fused-ring (bicyclic) bond motifs is 1. The highest BCUT2D eigenvalue weighted by Gasteiger charge is 2.25. The van der Waals surface area contributed by atoms with Crippen LogP contribution in [0.25, 0.3) is 11.0 Å². The van der Waals surface area contributed by atoms with Crippen molar-refractivity contribution in [1.29, 1.82) is 0 Å². The molecule has 172 valence electrons. The minimum absolute atomic E-state index is 0.0823. The third kappa shape index (κ3) is 5.91. The highest BCUT2D eigenvalue weighted by Crippen LogP contribution is 2.27. The number of hydrogen-bond donors (Lipinski definition) is 1. The van der Waals surface area contributed by atoms with Crippen molar-refractivity contribution in [2.24, 2.45) is 0 Å². The van der Waals surface area contributed by atoms with Crippen molar-refractivity contribution >= 4 is 11.0 Å². The summed E-state index contributed by atoms with van der Waals surface area (Å²) in [4.78, 5) is 13.0. The fourth-order valence-electron chi connectivity index (χ4n) is 3.78. The van der Waals surface area contributed by atoms with Crippen molar-refractivity contribution in [1.82, 2.24) is 25.1 Å². The zero-order valence-corrected chi connectivity index (χ0v) is 19.4. The molecular weight excluding hydrogens is 408 g/mol. The minimum atomic E-state index is -2.56. The zero-order chi connectivity index (χ0) is 23.1. The molecule has 1 aromatic heterocycles. The second-order valence-corrected chi connectivity index (χ2v) is 8.17. The molecule has 32 heavy (non-hydrogen) atoms. The van der Waals surface area contributed by atoms with E-state index in [1.54, 1.807) is 18.5 Å². The lowest BCUT2D eigenvalue weighted by atomic mass is 10.0. The lowest BCUT2D eigenvalue weighted by molar-refractivity contribution is 0.167. The molecule has 1 aliphatic rings. The molecule has 1 saturated heterocycles. The topological polar surface area (TPSA) is 44.3 Å². The molecule has 2 aromatic rings. The van der Waals surface area contributed by atoms with Crippen LogP contribution in [0.4, 0.5) is 8.78 Å². The van der Waals surface area contributed by atoms with Crippen molar-refractivity contribution in [2.45, 2.75) is 40.2 Å². The number of allylic oxidation sites excluding steroid dienone is 4. The van der Waals surface area contributed by atoms with E-state index < -0.39 is 6.43 Å². The van der Waals surface area contributed by atoms with E-state index >= 15 is 0 Å². The number of alkyl halides is 2. The molecule has 7 heteroatoms. The summed E-state index contributed by atoms with van der Waals surface area (Å²) in [6, 6.07) is 5.91. The number of piperazine rings is 1. The van der Waals surface area contributed by atoms with Gasteiger partial charge in [0.15, 0.2) is 0 Å². The van der Waals surface area contributed by atoms with E-state index in [4.69, 9.17) is 0 Å². The Labute approximate surface area is 189 Å². The molecule has 0 saturated carbocycles. The predicted octanol–water partition coefficient (Wildman–Crippen LogP) is 4.75. The first-order valence-electron chi connectivity index (χ1n) is 11.2. The van der Waals surface area contributed by atoms with Crippen LogP contribution in [0.1, 0.15) is 32.8 Å². The Morgan fingerprint density at radius 3 is 2.44 bits per heavy atom. The van der Waals surface area contributed by atoms with Crippen LogP contribution in [-0.4, -0.2) is 59.4 Å². The predicted molar refractivity (Wildman–Crippen MR) is 126 cm³/mol. The molecule has 0 aliphatic carbocycles. The first-order chi connectivity index (χ1) is 15.4. The molecule has 0 bridgehead atoms. The number of likely N-dealkylation sites (N-methyl/N-ethyl adjacent to an activating group) is 1. The highest BCUT2D eigenvalue weighted by atomic mass is 19.3. The van der Waals surface area contributed by atoms with Gasteiger partial charge in [-0.3, -0.25) is 9.97 Å². The summed E-state index contributed by atoms with van der Waals surface area (Å²) < 4.78 is 28.6. The molecule has 0 unspecified atom stereocenters. The van der Waals surface area contributed by atoms with Crippen molar-refractivity contribution in [2.75, 3.05) is 33.2 Å². The molecule has 1 N–H and O–H groups in total. The summed E-state index contributed by atoms with van der Waals surface area (Å²) in [6.45, 7) is 9.41. The fourth-order valence-corrected chi connectivity index (χ4v) is 3.78. The van der Waals surface area contributed by atoms with Gasteiger partial charge in [0.25, 0.3) is 6.43 Å². The molecule has 1 aliphatic heterocycles. The van der Waals surface area contributed by atoms with Crippen LogP contribution >= 0.6 is 0 Å². The fraction of sp³-hybridized carbons (Fsp3) is 0.440. The van der Waals surface area contributed by atoms with E-state index in [1.807, 2.05) is 45.0 Å². The normalized spacial score (nSPS) is 17.2. The Kier molecular flexibility index (Phi) is 8.33. The number of hydrogen-bond acceptors (Lipinski definition) is 5. The Bertz CT molecular complexity index is 1000. The SMILES string of the molecule is C\C=C(NCc1ccc2nccnc2c1)/C(=C(\C=C(/C)CC)C(F)F)N1CCN(C)CC1. The Balaban J connectivity index is 1.94. The van der Waals surface area contributed by atoms with Crippen LogP contribution in [0.3, 0.4) is 0 Å². The van der Waals surface area contributed by atoms with E-state index in [2.05, 4.69) is 32.1 Å². The van der Waals surface area contributed by atoms with Crippen LogP contribution in [-0.2, 0) is 6.54 Å². The zero-order valence-electron chi connectivity index (χ0n) is 19.4. The van der Waals surface area contributed by atoms with Gasteiger partial charge >= 0.3 is 0 Å². The number of nitrogens with zero attached hydrogens (tertiary/aromatic N) is 4. The maximum atomic E-state index is 14.3. The molecule has 5 nitrogen and oxygen atoms in total. The lowest BCUT2D eigenvalue weighted by Gasteiger charge is -2.37. The van der Waals surface area contributed by atoms with E-state index in [1.165, 1.54) is 0 Å². The second-order valence-electron chi connectivity index (χ2n) is 8.17. The van der Waals surface area contributed by atoms with Gasteiger partial charge in [0.1, 0.15) is 0 Å². The largest absolute Gasteiger partial charge is 0.380 e. The van der Waals surface area contributed by atoms with E-state index in [-0.39, 0.29) is 5.57 Å². The van der Waals surface area contributed by atoms with E-state index in [0.717, 1.165) is 47.4 Å². The average molecular weight is 442 g/mol. The van der Waals surface area contributed by atoms with Gasteiger partial charge in [0.2, 0.25) is 0 Å². The van der Waals surface area contributed by atoms with Crippen molar-refractivity contribution in [3.8, 4) is 0 Å². The molecule has 0 spiro atoms. The molecule has 0 radical (unpaired) electrons. The van der Waals surface area contributed by atoms with Gasteiger partial charge in [-0.05, 0) is 45.0 Å². The quantitative estimate of drug-likeness (QED) is 0.599. The standard InChI is InChI=1S/C25H33F2N5/c1-5-18(3)15-20(25(26)27)24(32-13-11-31(4)12-14-32)21(6-2)30-17-19-7-8-22-23(16-19)29-10-9-28-22/h6-10,15-16,25,30H,5,11-14,17H2,1-4H3/b18-15+,21-6+,24-20-. The monoisotopic (exact) mass is 441 g/mol. The van der Waals surface area contributed by atoms with Crippen molar-refractivity contribution < 1.29 is 8.78 Å². The van der Waals surface area contributed by atoms with E-state index in [9.17, 15) is 8.78 Å². The maximum Gasteiger partial charge on any atom is 0.265 e. The Hall–Kier alpha value is -2.80. The van der Waals surface area contributed by atoms with Gasteiger partial charge in [-0.1, -0.05) is 30.7 Å². The summed E-state index contributed by atoms with van der Waals surface area (Å²) in [5.41, 5.74) is 5.02. The number of halogens is 2. The van der Waals surface area contributed by atoms with Crippen molar-refractivity contribution in [3.63, 3.8) is 0 Å². The van der Waals surface area contributed by atoms with E-state index in [0.29, 0.717) is 25.3 Å². The van der Waals surface area contributed by atoms with Crippen molar-refractivity contribution in [3.05, 3.63) is 70.8 Å². The minimum Gasteiger partial charge on any atom is -0.380 e. The highest BCUT2D eigenvalue weighted by molar-refractivity contribution is 5.74. The summed E-state index contributed by atoms with van der Waals surface area (Å²) in [6.07, 6.45) is 5.08. The van der Waals surface area contributed by atoms with Gasteiger partial charge in [-0.2, -0.15) is 0 Å². The Morgan fingerprint density at radius 2 is 1.81 bits per heavy atom. The van der Waals surface area contributed by atoms with Crippen LogP contribution < -0.4 is 5.32 Å². The number of rotatable bonds is 8. The van der Waals surface area contributed by atoms with Gasteiger partial charge in [0, 0.05) is 50.7 Å². The van der Waals surface area contributed by atoms with Gasteiger partial charge in [-0.25, -0.2) is 8.78 Å². The molecular formula is C25H33F2N5. The summed E-state index contributed by atoms with van der Waals surface area (Å²) in [5, 5.41) is 3.42. The second kappa shape index (κ2) is 11.2. The van der Waals surface area contributed by atoms with Crippen LogP contribution in [0.5, 0.6) is 0 Å². The smallest absolute Gasteiger partial charge is 0.265 e. The molecule has 0 atom stereocenters. The molecule has 3 rings (SSSR count). The molecule has 0 amide bonds. The summed E-state index contributed by atoms with van der Waals surface area (Å²) in [7, 11) is 2.06. The summed E-state index contributed by atoms with van der Waals surface area (Å²) >= 11 is 0. The third-order valence-electron chi connectivity index (χ3n) is 5.85. The third-order valence-corrected chi connectivity index (χ3v) is 5.85. The molecule has 1 aromatic carbocycles. The maximum absolute atomic E-state index is 14.3. The van der Waals surface area contributed by atoms with Crippen LogP contribution in [0.15, 0.2) is 65.3 Å². The number of aromatic nitrogens is 2. The van der Waals surface area contributed by atoms with Crippen LogP contribution in [0.2, 0.25) is 0 Å². The Morgan fingerprint density at radius 1 is 1.12 bits per heavy atom. The number of benzene rings is 1. The molecule has 2 heterocycles. The first-order valence-corrected chi connectivity index (χ1v) is 11.2. The van der Waals surface area contributed by atoms with Crippen LogP contribution in [0, 0.1) is 0 Å².